The molecule has 57 heavy (non-hydrogen) atoms. The first-order valence-corrected chi connectivity index (χ1v) is 20.1. The SMILES string of the molecule is Bc1c(B)c(B)c2c(c1B)c1c(B)c(-c3ccc4c(c3)c3cccc(-c5ccccc5)c3n4-c3ccccc3)c(B)c(B)c1n2-c1ccc(-c2ccccc2)cc1. The highest BCUT2D eigenvalue weighted by Crippen LogP contribution is 2.40. The molecule has 262 valence electrons. The van der Waals surface area contributed by atoms with Crippen molar-refractivity contribution in [1.82, 2.24) is 9.13 Å². The second-order valence-electron chi connectivity index (χ2n) is 15.9. The molecule has 9 heteroatoms. The molecule has 0 N–H and O–H groups in total. The zero-order chi connectivity index (χ0) is 39.1. The Hall–Kier alpha value is -6.19. The van der Waals surface area contributed by atoms with E-state index in [0.29, 0.717) is 0 Å². The number of hydrogen-bond donors (Lipinski definition) is 0. The summed E-state index contributed by atoms with van der Waals surface area (Å²) in [4.78, 5) is 0. The van der Waals surface area contributed by atoms with Crippen LogP contribution in [0.3, 0.4) is 0 Å². The van der Waals surface area contributed by atoms with Gasteiger partial charge in [0.1, 0.15) is 54.9 Å². The van der Waals surface area contributed by atoms with E-state index >= 15 is 0 Å². The van der Waals surface area contributed by atoms with Crippen molar-refractivity contribution in [3.63, 3.8) is 0 Å². The molecule has 2 heterocycles. The number of hydrogen-bond acceptors (Lipinski definition) is 0. The first-order chi connectivity index (χ1) is 27.7. The summed E-state index contributed by atoms with van der Waals surface area (Å²) < 4.78 is 5.02. The maximum Gasteiger partial charge on any atom is 0.141 e. The fourth-order valence-electron chi connectivity index (χ4n) is 9.76. The normalized spacial score (nSPS) is 11.6. The lowest BCUT2D eigenvalue weighted by Crippen LogP contribution is -2.48. The smallest absolute Gasteiger partial charge is 0.141 e. The molecule has 0 aliphatic heterocycles. The Kier molecular flexibility index (Phi) is 8.34. The predicted octanol–water partition coefficient (Wildman–Crippen LogP) is 0.691. The van der Waals surface area contributed by atoms with Crippen LogP contribution in [0.4, 0.5) is 0 Å². The van der Waals surface area contributed by atoms with Gasteiger partial charge in [0.15, 0.2) is 0 Å². The van der Waals surface area contributed by atoms with Crippen molar-refractivity contribution in [3.05, 3.63) is 152 Å². The minimum absolute atomic E-state index is 1.17. The molecular weight excluding hydrogens is 680 g/mol. The Morgan fingerprint density at radius 3 is 1.51 bits per heavy atom. The molecule has 0 saturated heterocycles. The summed E-state index contributed by atoms with van der Waals surface area (Å²) in [6, 6.07) is 55.4. The minimum Gasteiger partial charge on any atom is -0.310 e. The van der Waals surface area contributed by atoms with Gasteiger partial charge in [0.05, 0.1) is 11.0 Å². The molecular formula is C48H39B7N2. The fourth-order valence-corrected chi connectivity index (χ4v) is 9.76. The van der Waals surface area contributed by atoms with Gasteiger partial charge in [0, 0.05) is 44.1 Å². The first-order valence-electron chi connectivity index (χ1n) is 20.1. The second kappa shape index (κ2) is 13.5. The van der Waals surface area contributed by atoms with E-state index in [1.165, 1.54) is 127 Å². The Morgan fingerprint density at radius 1 is 0.316 bits per heavy atom. The van der Waals surface area contributed by atoms with Gasteiger partial charge in [0.25, 0.3) is 0 Å². The highest BCUT2D eigenvalue weighted by atomic mass is 15.0. The Morgan fingerprint density at radius 2 is 0.842 bits per heavy atom. The van der Waals surface area contributed by atoms with E-state index in [0.717, 1.165) is 0 Å². The number of rotatable bonds is 5. The first kappa shape index (κ1) is 35.2. The minimum atomic E-state index is 1.17. The lowest BCUT2D eigenvalue weighted by Gasteiger charge is -2.19. The zero-order valence-electron chi connectivity index (χ0n) is 33.8. The molecule has 2 nitrogen and oxygen atoms in total. The third-order valence-corrected chi connectivity index (χ3v) is 13.0. The molecule has 0 saturated carbocycles. The average molecular weight is 720 g/mol. The second-order valence-corrected chi connectivity index (χ2v) is 15.9. The van der Waals surface area contributed by atoms with Gasteiger partial charge in [-0.15, -0.1) is 5.46 Å². The molecule has 0 amide bonds. The average Bonchev–Trinajstić information content (AvgIpc) is 3.79. The van der Waals surface area contributed by atoms with Crippen LogP contribution in [0.15, 0.2) is 152 Å². The molecule has 10 aromatic rings. The topological polar surface area (TPSA) is 9.86 Å². The summed E-state index contributed by atoms with van der Waals surface area (Å²) in [6.07, 6.45) is 0. The molecule has 2 aromatic heterocycles. The molecule has 0 bridgehead atoms. The summed E-state index contributed by atoms with van der Waals surface area (Å²) in [5.41, 5.74) is 24.4. The third kappa shape index (κ3) is 5.28. The van der Waals surface area contributed by atoms with Crippen LogP contribution < -0.4 is 38.2 Å². The van der Waals surface area contributed by atoms with Crippen LogP contribution in [0, 0.1) is 0 Å². The van der Waals surface area contributed by atoms with E-state index in [1.54, 1.807) is 0 Å². The largest absolute Gasteiger partial charge is 0.310 e. The van der Waals surface area contributed by atoms with Crippen molar-refractivity contribution >= 4 is 137 Å². The van der Waals surface area contributed by atoms with Crippen molar-refractivity contribution in [2.24, 2.45) is 0 Å². The number of aromatic nitrogens is 2. The van der Waals surface area contributed by atoms with E-state index in [2.05, 4.69) is 216 Å². The molecule has 0 aliphatic carbocycles. The van der Waals surface area contributed by atoms with Crippen LogP contribution in [0.2, 0.25) is 0 Å². The van der Waals surface area contributed by atoms with Gasteiger partial charge in [-0.05, 0) is 69.6 Å². The Bertz CT molecular complexity index is 3230. The van der Waals surface area contributed by atoms with Gasteiger partial charge in [-0.2, -0.15) is 0 Å². The summed E-state index contributed by atoms with van der Waals surface area (Å²) in [7, 11) is 16.3. The number of benzene rings is 8. The summed E-state index contributed by atoms with van der Waals surface area (Å²) in [5.74, 6) is 0. The standard InChI is InChI=1S/C48H39B7N2/c49-39-36(29-21-24-35-34(25-29)33-18-10-17-32(28-13-6-2-7-14-28)46(33)56(35)30-15-8-3-9-16-30)40(50)44(54)47-37(39)38-41(51)42(52)43(53)45(55)48(38)57(47)31-22-19-27(20-23-31)26-11-4-1-5-12-26/h1-25H,49-55H2. The Labute approximate surface area is 340 Å². The van der Waals surface area contributed by atoms with Crippen LogP contribution in [-0.2, 0) is 0 Å². The summed E-state index contributed by atoms with van der Waals surface area (Å²) in [5, 5.41) is 5.25. The lowest BCUT2D eigenvalue weighted by atomic mass is 9.64. The van der Waals surface area contributed by atoms with Crippen LogP contribution in [-0.4, -0.2) is 64.1 Å². The molecule has 0 unspecified atom stereocenters. The van der Waals surface area contributed by atoms with Crippen molar-refractivity contribution < 1.29 is 0 Å². The van der Waals surface area contributed by atoms with Gasteiger partial charge in [-0.25, -0.2) is 0 Å². The van der Waals surface area contributed by atoms with Crippen molar-refractivity contribution in [2.45, 2.75) is 0 Å². The molecule has 0 atom stereocenters. The van der Waals surface area contributed by atoms with Crippen LogP contribution >= 0.6 is 0 Å². The Balaban J connectivity index is 1.27. The monoisotopic (exact) mass is 720 g/mol. The maximum atomic E-state index is 2.56. The van der Waals surface area contributed by atoms with Gasteiger partial charge in [-0.1, -0.05) is 148 Å². The van der Waals surface area contributed by atoms with Gasteiger partial charge < -0.3 is 9.13 Å². The van der Waals surface area contributed by atoms with Crippen LogP contribution in [0.1, 0.15) is 0 Å². The third-order valence-electron chi connectivity index (χ3n) is 13.0. The van der Waals surface area contributed by atoms with Crippen LogP contribution in [0.25, 0.3) is 88.4 Å². The number of fused-ring (bicyclic) bond motifs is 6. The quantitative estimate of drug-likeness (QED) is 0.232. The van der Waals surface area contributed by atoms with E-state index < -0.39 is 0 Å². The maximum absolute atomic E-state index is 2.56. The summed E-state index contributed by atoms with van der Waals surface area (Å²) in [6.45, 7) is 0. The fraction of sp³-hybridized carbons (Fsp3) is 0. The summed E-state index contributed by atoms with van der Waals surface area (Å²) >= 11 is 0. The van der Waals surface area contributed by atoms with E-state index in [1.807, 2.05) is 0 Å². The molecule has 0 fully saturated rings. The zero-order valence-corrected chi connectivity index (χ0v) is 33.8. The predicted molar refractivity (Wildman–Crippen MR) is 269 cm³/mol. The van der Waals surface area contributed by atoms with Gasteiger partial charge in [-0.3, -0.25) is 0 Å². The molecule has 0 spiro atoms. The van der Waals surface area contributed by atoms with E-state index in [-0.39, 0.29) is 0 Å². The molecule has 0 aliphatic rings. The number of nitrogens with zero attached hydrogens (tertiary/aromatic N) is 2. The van der Waals surface area contributed by atoms with E-state index in [9.17, 15) is 0 Å². The highest BCUT2D eigenvalue weighted by molar-refractivity contribution is 6.69. The van der Waals surface area contributed by atoms with Crippen molar-refractivity contribution in [3.8, 4) is 44.8 Å². The lowest BCUT2D eigenvalue weighted by molar-refractivity contribution is 1.18. The van der Waals surface area contributed by atoms with E-state index in [4.69, 9.17) is 0 Å². The van der Waals surface area contributed by atoms with Crippen molar-refractivity contribution in [1.29, 1.82) is 0 Å². The van der Waals surface area contributed by atoms with Gasteiger partial charge in [0.2, 0.25) is 0 Å². The molecule has 8 aromatic carbocycles. The van der Waals surface area contributed by atoms with Crippen molar-refractivity contribution in [2.75, 3.05) is 0 Å². The van der Waals surface area contributed by atoms with Gasteiger partial charge >= 0.3 is 0 Å². The molecule has 0 radical (unpaired) electrons. The van der Waals surface area contributed by atoms with Crippen LogP contribution in [0.5, 0.6) is 0 Å². The number of para-hydroxylation sites is 2. The highest BCUT2D eigenvalue weighted by Gasteiger charge is 2.25. The molecule has 10 rings (SSSR count).